The molecule has 0 spiro atoms. The lowest BCUT2D eigenvalue weighted by Gasteiger charge is -2.15. The summed E-state index contributed by atoms with van der Waals surface area (Å²) in [6.45, 7) is 0. The molecule has 0 amide bonds. The summed E-state index contributed by atoms with van der Waals surface area (Å²) in [5.74, 6) is 0.183. The number of nitrogens with two attached hydrogens (primary N) is 1. The zero-order chi connectivity index (χ0) is 10.8. The highest BCUT2D eigenvalue weighted by Crippen LogP contribution is 2.28. The lowest BCUT2D eigenvalue weighted by molar-refractivity contribution is 0.478. The molecular formula is C12H15ClFN. The second-order valence-corrected chi connectivity index (χ2v) is 4.71. The average molecular weight is 228 g/mol. The number of rotatable bonds is 2. The maximum atomic E-state index is 12.9. The lowest BCUT2D eigenvalue weighted by Crippen LogP contribution is -2.25. The topological polar surface area (TPSA) is 26.0 Å². The molecule has 0 saturated heterocycles. The van der Waals surface area contributed by atoms with Gasteiger partial charge in [0.05, 0.1) is 5.02 Å². The SMILES string of the molecule is NC1CCCC1Cc1ccc(F)c(Cl)c1. The fraction of sp³-hybridized carbons (Fsp3) is 0.500. The average Bonchev–Trinajstić information content (AvgIpc) is 2.59. The maximum absolute atomic E-state index is 12.9. The van der Waals surface area contributed by atoms with E-state index in [1.165, 1.54) is 18.9 Å². The molecule has 0 radical (unpaired) electrons. The minimum absolute atomic E-state index is 0.207. The normalized spacial score (nSPS) is 25.8. The Bertz CT molecular complexity index is 353. The van der Waals surface area contributed by atoms with Crippen molar-refractivity contribution in [1.29, 1.82) is 0 Å². The van der Waals surface area contributed by atoms with E-state index >= 15 is 0 Å². The molecule has 1 aliphatic rings. The summed E-state index contributed by atoms with van der Waals surface area (Å²) in [5.41, 5.74) is 7.07. The van der Waals surface area contributed by atoms with Gasteiger partial charge in [-0.3, -0.25) is 0 Å². The first-order chi connectivity index (χ1) is 7.16. The first kappa shape index (κ1) is 10.9. The summed E-state index contributed by atoms with van der Waals surface area (Å²) >= 11 is 5.73. The van der Waals surface area contributed by atoms with Crippen molar-refractivity contribution in [2.24, 2.45) is 11.7 Å². The molecule has 1 saturated carbocycles. The molecule has 82 valence electrons. The van der Waals surface area contributed by atoms with Gasteiger partial charge in [-0.25, -0.2) is 4.39 Å². The Hall–Kier alpha value is -0.600. The fourth-order valence-corrected chi connectivity index (χ4v) is 2.49. The zero-order valence-electron chi connectivity index (χ0n) is 8.55. The summed E-state index contributed by atoms with van der Waals surface area (Å²) in [6, 6.07) is 5.24. The Morgan fingerprint density at radius 1 is 1.40 bits per heavy atom. The largest absolute Gasteiger partial charge is 0.327 e. The van der Waals surface area contributed by atoms with Gasteiger partial charge in [-0.15, -0.1) is 0 Å². The minimum atomic E-state index is -0.351. The third-order valence-electron chi connectivity index (χ3n) is 3.20. The Kier molecular flexibility index (Phi) is 3.27. The van der Waals surface area contributed by atoms with Gasteiger partial charge in [0.2, 0.25) is 0 Å². The molecule has 15 heavy (non-hydrogen) atoms. The first-order valence-corrected chi connectivity index (χ1v) is 5.74. The standard InChI is InChI=1S/C12H15ClFN/c13-10-7-8(4-5-11(10)14)6-9-2-1-3-12(9)15/h4-5,7,9,12H,1-3,6,15H2. The van der Waals surface area contributed by atoms with E-state index in [9.17, 15) is 4.39 Å². The van der Waals surface area contributed by atoms with Crippen molar-refractivity contribution < 1.29 is 4.39 Å². The van der Waals surface area contributed by atoms with Crippen LogP contribution < -0.4 is 5.73 Å². The van der Waals surface area contributed by atoms with E-state index in [-0.39, 0.29) is 10.8 Å². The molecule has 0 aromatic heterocycles. The monoisotopic (exact) mass is 227 g/mol. The maximum Gasteiger partial charge on any atom is 0.141 e. The molecule has 2 N–H and O–H groups in total. The Labute approximate surface area is 94.4 Å². The van der Waals surface area contributed by atoms with Gasteiger partial charge in [-0.2, -0.15) is 0 Å². The number of hydrogen-bond acceptors (Lipinski definition) is 1. The molecule has 0 aliphatic heterocycles. The van der Waals surface area contributed by atoms with Gasteiger partial charge in [0.15, 0.2) is 0 Å². The van der Waals surface area contributed by atoms with E-state index < -0.39 is 0 Å². The van der Waals surface area contributed by atoms with Crippen molar-refractivity contribution in [3.63, 3.8) is 0 Å². The molecule has 2 rings (SSSR count). The van der Waals surface area contributed by atoms with Gasteiger partial charge >= 0.3 is 0 Å². The molecule has 2 atom stereocenters. The van der Waals surface area contributed by atoms with Crippen LogP contribution in [-0.4, -0.2) is 6.04 Å². The van der Waals surface area contributed by atoms with Crippen molar-refractivity contribution in [3.8, 4) is 0 Å². The van der Waals surface area contributed by atoms with E-state index in [1.807, 2.05) is 0 Å². The molecule has 0 heterocycles. The predicted octanol–water partition coefficient (Wildman–Crippen LogP) is 3.15. The number of halogens is 2. The molecule has 1 nitrogen and oxygen atoms in total. The predicted molar refractivity (Wildman–Crippen MR) is 60.4 cm³/mol. The van der Waals surface area contributed by atoms with E-state index in [0.717, 1.165) is 18.4 Å². The third-order valence-corrected chi connectivity index (χ3v) is 3.49. The Morgan fingerprint density at radius 3 is 2.80 bits per heavy atom. The minimum Gasteiger partial charge on any atom is -0.327 e. The molecule has 1 fully saturated rings. The third kappa shape index (κ3) is 2.50. The highest BCUT2D eigenvalue weighted by molar-refractivity contribution is 6.30. The van der Waals surface area contributed by atoms with Gasteiger partial charge < -0.3 is 5.73 Å². The quantitative estimate of drug-likeness (QED) is 0.825. The molecule has 2 unspecified atom stereocenters. The Balaban J connectivity index is 2.07. The van der Waals surface area contributed by atoms with Crippen LogP contribution in [0.4, 0.5) is 4.39 Å². The van der Waals surface area contributed by atoms with E-state index in [2.05, 4.69) is 0 Å². The van der Waals surface area contributed by atoms with Crippen LogP contribution in [0.25, 0.3) is 0 Å². The van der Waals surface area contributed by atoms with Crippen LogP contribution in [0.2, 0.25) is 5.02 Å². The van der Waals surface area contributed by atoms with Gasteiger partial charge in [0, 0.05) is 6.04 Å². The van der Waals surface area contributed by atoms with Crippen LogP contribution in [0.5, 0.6) is 0 Å². The molecule has 1 aliphatic carbocycles. The van der Waals surface area contributed by atoms with E-state index in [4.69, 9.17) is 17.3 Å². The summed E-state index contributed by atoms with van der Waals surface area (Å²) in [6.07, 6.45) is 4.41. The summed E-state index contributed by atoms with van der Waals surface area (Å²) in [7, 11) is 0. The van der Waals surface area contributed by atoms with Crippen molar-refractivity contribution in [1.82, 2.24) is 0 Å². The van der Waals surface area contributed by atoms with Crippen molar-refractivity contribution >= 4 is 11.6 Å². The van der Waals surface area contributed by atoms with Crippen LogP contribution in [0, 0.1) is 11.7 Å². The number of hydrogen-bond donors (Lipinski definition) is 1. The number of benzene rings is 1. The summed E-state index contributed by atoms with van der Waals surface area (Å²) in [4.78, 5) is 0. The van der Waals surface area contributed by atoms with Crippen LogP contribution in [-0.2, 0) is 6.42 Å². The molecule has 3 heteroatoms. The van der Waals surface area contributed by atoms with Gasteiger partial charge in [0.25, 0.3) is 0 Å². The van der Waals surface area contributed by atoms with Gasteiger partial charge in [-0.1, -0.05) is 24.1 Å². The summed E-state index contributed by atoms with van der Waals surface area (Å²) in [5, 5.41) is 0.207. The first-order valence-electron chi connectivity index (χ1n) is 5.36. The van der Waals surface area contributed by atoms with Gasteiger partial charge in [-0.05, 0) is 42.9 Å². The highest BCUT2D eigenvalue weighted by Gasteiger charge is 2.23. The van der Waals surface area contributed by atoms with Gasteiger partial charge in [0.1, 0.15) is 5.82 Å². The van der Waals surface area contributed by atoms with Crippen molar-refractivity contribution in [2.75, 3.05) is 0 Å². The van der Waals surface area contributed by atoms with E-state index in [0.29, 0.717) is 12.0 Å². The van der Waals surface area contributed by atoms with Crippen LogP contribution in [0.1, 0.15) is 24.8 Å². The van der Waals surface area contributed by atoms with Crippen molar-refractivity contribution in [3.05, 3.63) is 34.6 Å². The second kappa shape index (κ2) is 4.50. The fourth-order valence-electron chi connectivity index (χ4n) is 2.29. The smallest absolute Gasteiger partial charge is 0.141 e. The molecular weight excluding hydrogens is 213 g/mol. The second-order valence-electron chi connectivity index (χ2n) is 4.31. The highest BCUT2D eigenvalue weighted by atomic mass is 35.5. The molecule has 0 bridgehead atoms. The molecule has 1 aromatic carbocycles. The van der Waals surface area contributed by atoms with Crippen molar-refractivity contribution in [2.45, 2.75) is 31.7 Å². The van der Waals surface area contributed by atoms with Crippen LogP contribution in [0.3, 0.4) is 0 Å². The summed E-state index contributed by atoms with van der Waals surface area (Å²) < 4.78 is 12.9. The Morgan fingerprint density at radius 2 is 2.20 bits per heavy atom. The zero-order valence-corrected chi connectivity index (χ0v) is 9.30. The lowest BCUT2D eigenvalue weighted by atomic mass is 9.95. The van der Waals surface area contributed by atoms with E-state index in [1.54, 1.807) is 12.1 Å². The van der Waals surface area contributed by atoms with Crippen LogP contribution in [0.15, 0.2) is 18.2 Å². The van der Waals surface area contributed by atoms with Crippen LogP contribution >= 0.6 is 11.6 Å². The molecule has 1 aromatic rings.